The van der Waals surface area contributed by atoms with E-state index in [1.54, 1.807) is 30.5 Å². The summed E-state index contributed by atoms with van der Waals surface area (Å²) in [6, 6.07) is 16.6. The normalized spacial score (nSPS) is 11.3. The van der Waals surface area contributed by atoms with Crippen molar-refractivity contribution in [3.05, 3.63) is 76.0 Å². The van der Waals surface area contributed by atoms with Crippen LogP contribution in [-0.4, -0.2) is 25.6 Å². The van der Waals surface area contributed by atoms with Gasteiger partial charge in [0.2, 0.25) is 10.0 Å². The first-order valence-electron chi connectivity index (χ1n) is 9.16. The van der Waals surface area contributed by atoms with Gasteiger partial charge in [0.05, 0.1) is 30.7 Å². The number of carbonyl (C=O) groups is 1. The van der Waals surface area contributed by atoms with E-state index in [9.17, 15) is 13.2 Å². The zero-order chi connectivity index (χ0) is 22.9. The molecule has 0 aliphatic rings. The molecule has 162 valence electrons. The first-order chi connectivity index (χ1) is 15.2. The molecule has 0 aliphatic carbocycles. The number of furan rings is 1. The van der Waals surface area contributed by atoms with Crippen molar-refractivity contribution in [2.45, 2.75) is 6.54 Å². The van der Waals surface area contributed by atoms with Crippen LogP contribution in [0.25, 0.3) is 11.0 Å². The Balaban J connectivity index is 1.74. The van der Waals surface area contributed by atoms with E-state index in [4.69, 9.17) is 21.3 Å². The summed E-state index contributed by atoms with van der Waals surface area (Å²) in [6.07, 6.45) is 2.49. The monoisotopic (exact) mass is 486 g/mol. The zero-order valence-corrected chi connectivity index (χ0v) is 19.0. The fourth-order valence-electron chi connectivity index (χ4n) is 3.05. The molecule has 2 heterocycles. The number of carbonyl (C=O) groups excluding carboxylic acids is 1. The number of hydrogen-bond donors (Lipinski definition) is 1. The minimum absolute atomic E-state index is 0.0603. The number of benzene rings is 2. The average Bonchev–Trinajstić information content (AvgIpc) is 3.37. The maximum absolute atomic E-state index is 12.3. The van der Waals surface area contributed by atoms with Crippen LogP contribution in [0.3, 0.4) is 0 Å². The molecule has 32 heavy (non-hydrogen) atoms. The largest absolute Gasteiger partial charge is 0.464 e. The standard InChI is InChI=1S/C21H15ClN4O4S2/c1-32(28,29)25-20(27)18-19(22)31-21(24-18)26(16-5-2-13(11-23)3-6-16)12-14-4-7-17-15(10-14)8-9-30-17/h2-10H,12H2,1H3,(H,25,27). The van der Waals surface area contributed by atoms with Crippen molar-refractivity contribution < 1.29 is 17.6 Å². The van der Waals surface area contributed by atoms with Crippen molar-refractivity contribution in [1.29, 1.82) is 5.26 Å². The van der Waals surface area contributed by atoms with Crippen LogP contribution in [0.4, 0.5) is 10.8 Å². The lowest BCUT2D eigenvalue weighted by Gasteiger charge is -2.22. The molecule has 0 bridgehead atoms. The lowest BCUT2D eigenvalue weighted by Crippen LogP contribution is -2.29. The van der Waals surface area contributed by atoms with Crippen LogP contribution in [0.2, 0.25) is 4.34 Å². The number of anilines is 2. The van der Waals surface area contributed by atoms with Crippen LogP contribution in [0.5, 0.6) is 0 Å². The van der Waals surface area contributed by atoms with Gasteiger partial charge in [0.15, 0.2) is 10.8 Å². The molecule has 0 radical (unpaired) electrons. The maximum atomic E-state index is 12.3. The second-order valence-electron chi connectivity index (χ2n) is 6.86. The van der Waals surface area contributed by atoms with Gasteiger partial charge in [-0.15, -0.1) is 0 Å². The van der Waals surface area contributed by atoms with Gasteiger partial charge in [-0.2, -0.15) is 5.26 Å². The number of halogens is 1. The lowest BCUT2D eigenvalue weighted by molar-refractivity contribution is 0.0977. The molecule has 1 amide bonds. The molecule has 0 fully saturated rings. The Labute approximate surface area is 192 Å². The maximum Gasteiger partial charge on any atom is 0.285 e. The number of nitriles is 1. The van der Waals surface area contributed by atoms with Gasteiger partial charge in [-0.1, -0.05) is 29.0 Å². The molecule has 11 heteroatoms. The predicted molar refractivity (Wildman–Crippen MR) is 123 cm³/mol. The summed E-state index contributed by atoms with van der Waals surface area (Å²) in [5.74, 6) is -0.903. The van der Waals surface area contributed by atoms with Crippen molar-refractivity contribution in [3.63, 3.8) is 0 Å². The van der Waals surface area contributed by atoms with Gasteiger partial charge in [-0.05, 0) is 48.0 Å². The number of thiazole rings is 1. The minimum atomic E-state index is -3.77. The number of fused-ring (bicyclic) bond motifs is 1. The molecule has 0 aliphatic heterocycles. The van der Waals surface area contributed by atoms with Crippen LogP contribution in [0, 0.1) is 11.3 Å². The molecular formula is C21H15ClN4O4S2. The molecule has 0 atom stereocenters. The molecule has 2 aromatic carbocycles. The van der Waals surface area contributed by atoms with E-state index in [1.165, 1.54) is 0 Å². The Kier molecular flexibility index (Phi) is 5.88. The Morgan fingerprint density at radius 2 is 2.00 bits per heavy atom. The van der Waals surface area contributed by atoms with E-state index < -0.39 is 15.9 Å². The van der Waals surface area contributed by atoms with E-state index in [-0.39, 0.29) is 10.0 Å². The van der Waals surface area contributed by atoms with Crippen LogP contribution in [0.15, 0.2) is 59.2 Å². The highest BCUT2D eigenvalue weighted by molar-refractivity contribution is 7.89. The molecule has 1 N–H and O–H groups in total. The third kappa shape index (κ3) is 4.75. The third-order valence-corrected chi connectivity index (χ3v) is 6.30. The number of nitrogens with one attached hydrogen (secondary N) is 1. The Bertz CT molecular complexity index is 1450. The molecule has 8 nitrogen and oxygen atoms in total. The molecule has 4 aromatic rings. The molecule has 0 unspecified atom stereocenters. The van der Waals surface area contributed by atoms with E-state index >= 15 is 0 Å². The second kappa shape index (κ2) is 8.63. The molecular weight excluding hydrogens is 472 g/mol. The van der Waals surface area contributed by atoms with Gasteiger partial charge in [0.25, 0.3) is 5.91 Å². The highest BCUT2D eigenvalue weighted by atomic mass is 35.5. The van der Waals surface area contributed by atoms with Crippen molar-refractivity contribution in [3.8, 4) is 6.07 Å². The summed E-state index contributed by atoms with van der Waals surface area (Å²) in [5.41, 5.74) is 2.74. The van der Waals surface area contributed by atoms with Gasteiger partial charge in [-0.25, -0.2) is 18.1 Å². The highest BCUT2D eigenvalue weighted by Crippen LogP contribution is 2.36. The van der Waals surface area contributed by atoms with Crippen molar-refractivity contribution in [2.24, 2.45) is 0 Å². The van der Waals surface area contributed by atoms with Crippen LogP contribution >= 0.6 is 22.9 Å². The van der Waals surface area contributed by atoms with Crippen LogP contribution in [0.1, 0.15) is 21.6 Å². The number of hydrogen-bond acceptors (Lipinski definition) is 8. The van der Waals surface area contributed by atoms with E-state index in [2.05, 4.69) is 11.1 Å². The molecule has 4 rings (SSSR count). The summed E-state index contributed by atoms with van der Waals surface area (Å²) >= 11 is 7.28. The summed E-state index contributed by atoms with van der Waals surface area (Å²) < 4.78 is 30.2. The van der Waals surface area contributed by atoms with Gasteiger partial charge < -0.3 is 9.32 Å². The fourth-order valence-corrected chi connectivity index (χ4v) is 4.63. The number of amides is 1. The van der Waals surface area contributed by atoms with Gasteiger partial charge in [0.1, 0.15) is 9.92 Å². The van der Waals surface area contributed by atoms with E-state index in [0.29, 0.717) is 17.2 Å². The first-order valence-corrected chi connectivity index (χ1v) is 12.2. The number of sulfonamides is 1. The summed E-state index contributed by atoms with van der Waals surface area (Å²) in [4.78, 5) is 18.5. The molecule has 0 saturated heterocycles. The third-order valence-electron chi connectivity index (χ3n) is 4.46. The van der Waals surface area contributed by atoms with E-state index in [1.807, 2.05) is 33.9 Å². The van der Waals surface area contributed by atoms with Gasteiger partial charge in [0, 0.05) is 11.1 Å². The van der Waals surface area contributed by atoms with Crippen LogP contribution < -0.4 is 9.62 Å². The molecule has 2 aromatic heterocycles. The summed E-state index contributed by atoms with van der Waals surface area (Å²) in [7, 11) is -3.77. The molecule has 0 saturated carbocycles. The second-order valence-corrected chi connectivity index (χ2v) is 10.2. The van der Waals surface area contributed by atoms with E-state index in [0.717, 1.165) is 39.8 Å². The van der Waals surface area contributed by atoms with Crippen molar-refractivity contribution >= 4 is 60.7 Å². The molecule has 0 spiro atoms. The van der Waals surface area contributed by atoms with Crippen molar-refractivity contribution in [2.75, 3.05) is 11.2 Å². The Morgan fingerprint density at radius 1 is 1.25 bits per heavy atom. The van der Waals surface area contributed by atoms with Crippen molar-refractivity contribution in [1.82, 2.24) is 9.71 Å². The number of rotatable bonds is 6. The van der Waals surface area contributed by atoms with Gasteiger partial charge >= 0.3 is 0 Å². The van der Waals surface area contributed by atoms with Gasteiger partial charge in [-0.3, -0.25) is 4.79 Å². The Morgan fingerprint density at radius 3 is 2.69 bits per heavy atom. The predicted octanol–water partition coefficient (Wildman–Crippen LogP) is 4.44. The smallest absolute Gasteiger partial charge is 0.285 e. The number of aromatic nitrogens is 1. The first kappa shape index (κ1) is 21.8. The number of nitrogens with zero attached hydrogens (tertiary/aromatic N) is 3. The average molecular weight is 487 g/mol. The summed E-state index contributed by atoms with van der Waals surface area (Å²) in [6.45, 7) is 0.379. The fraction of sp³-hybridized carbons (Fsp3) is 0.0952. The Hall–Kier alpha value is -3.39. The lowest BCUT2D eigenvalue weighted by atomic mass is 10.1. The summed E-state index contributed by atoms with van der Waals surface area (Å²) in [5, 5.41) is 10.4. The topological polar surface area (TPSA) is 116 Å². The zero-order valence-electron chi connectivity index (χ0n) is 16.6. The SMILES string of the molecule is CS(=O)(=O)NC(=O)c1nc(N(Cc2ccc3occc3c2)c2ccc(C#N)cc2)sc1Cl. The van der Waals surface area contributed by atoms with Crippen LogP contribution in [-0.2, 0) is 16.6 Å². The highest BCUT2D eigenvalue weighted by Gasteiger charge is 2.23. The minimum Gasteiger partial charge on any atom is -0.464 e. The quantitative estimate of drug-likeness (QED) is 0.428.